The highest BCUT2D eigenvalue weighted by Crippen LogP contribution is 2.35. The van der Waals surface area contributed by atoms with Crippen LogP contribution in [0.25, 0.3) is 22.0 Å². The minimum Gasteiger partial charge on any atom is -0.506 e. The summed E-state index contributed by atoms with van der Waals surface area (Å²) < 4.78 is 0. The van der Waals surface area contributed by atoms with E-state index in [0.29, 0.717) is 5.52 Å². The molecule has 0 saturated heterocycles. The van der Waals surface area contributed by atoms with Crippen LogP contribution in [0, 0.1) is 0 Å². The number of phenolic OH excluding ortho intramolecular Hbond substituents is 1. The van der Waals surface area contributed by atoms with Crippen molar-refractivity contribution in [3.05, 3.63) is 84.6 Å². The van der Waals surface area contributed by atoms with Crippen molar-refractivity contribution >= 4 is 10.9 Å². The van der Waals surface area contributed by atoms with Crippen LogP contribution in [0.4, 0.5) is 0 Å². The molecule has 1 aliphatic rings. The molecule has 0 unspecified atom stereocenters. The lowest BCUT2D eigenvalue weighted by atomic mass is 9.96. The van der Waals surface area contributed by atoms with Gasteiger partial charge in [0.2, 0.25) is 0 Å². The Kier molecular flexibility index (Phi) is 3.01. The average molecular weight is 285 g/mol. The van der Waals surface area contributed by atoms with Crippen LogP contribution in [0.2, 0.25) is 0 Å². The number of phenols is 1. The normalized spacial score (nSPS) is 14.0. The second kappa shape index (κ2) is 5.15. The summed E-state index contributed by atoms with van der Waals surface area (Å²) in [5, 5.41) is 11.2. The van der Waals surface area contributed by atoms with Gasteiger partial charge in [-0.3, -0.25) is 0 Å². The Morgan fingerprint density at radius 1 is 0.864 bits per heavy atom. The van der Waals surface area contributed by atoms with Crippen LogP contribution in [-0.4, -0.2) is 10.1 Å². The highest BCUT2D eigenvalue weighted by molar-refractivity contribution is 5.97. The summed E-state index contributed by atoms with van der Waals surface area (Å²) in [6.45, 7) is 0. The minimum atomic E-state index is 0.173. The van der Waals surface area contributed by atoms with Crippen LogP contribution < -0.4 is 0 Å². The molecule has 4 rings (SSSR count). The maximum atomic E-state index is 10.2. The Morgan fingerprint density at radius 3 is 2.41 bits per heavy atom. The van der Waals surface area contributed by atoms with Crippen molar-refractivity contribution in [1.29, 1.82) is 0 Å². The summed E-state index contributed by atoms with van der Waals surface area (Å²) in [7, 11) is 0. The predicted octanol–water partition coefficient (Wildman–Crippen LogP) is 4.82. The van der Waals surface area contributed by atoms with Crippen molar-refractivity contribution in [2.24, 2.45) is 0 Å². The molecule has 22 heavy (non-hydrogen) atoms. The maximum Gasteiger partial charge on any atom is 0.141 e. The summed E-state index contributed by atoms with van der Waals surface area (Å²) >= 11 is 0. The second-order valence-corrected chi connectivity index (χ2v) is 5.43. The van der Waals surface area contributed by atoms with E-state index >= 15 is 0 Å². The van der Waals surface area contributed by atoms with Gasteiger partial charge < -0.3 is 5.11 Å². The first-order valence-corrected chi connectivity index (χ1v) is 7.36. The van der Waals surface area contributed by atoms with Gasteiger partial charge in [0, 0.05) is 11.3 Å². The van der Waals surface area contributed by atoms with Gasteiger partial charge in [-0.1, -0.05) is 66.8 Å². The molecular formula is C20H15NO. The fourth-order valence-electron chi connectivity index (χ4n) is 2.91. The van der Waals surface area contributed by atoms with E-state index in [0.717, 1.165) is 22.2 Å². The first-order valence-electron chi connectivity index (χ1n) is 7.36. The number of benzene rings is 2. The zero-order valence-electron chi connectivity index (χ0n) is 12.0. The monoisotopic (exact) mass is 285 g/mol. The van der Waals surface area contributed by atoms with Crippen molar-refractivity contribution in [2.45, 2.75) is 5.92 Å². The van der Waals surface area contributed by atoms with Gasteiger partial charge in [0.1, 0.15) is 11.3 Å². The van der Waals surface area contributed by atoms with Crippen LogP contribution in [0.1, 0.15) is 11.6 Å². The molecule has 106 valence electrons. The largest absolute Gasteiger partial charge is 0.506 e. The fourth-order valence-corrected chi connectivity index (χ4v) is 2.91. The molecular weight excluding hydrogens is 270 g/mol. The average Bonchev–Trinajstić information content (AvgIpc) is 3.10. The van der Waals surface area contributed by atoms with Gasteiger partial charge in [0.15, 0.2) is 0 Å². The molecule has 2 heteroatoms. The second-order valence-electron chi connectivity index (χ2n) is 5.43. The molecule has 0 atom stereocenters. The van der Waals surface area contributed by atoms with E-state index in [4.69, 9.17) is 4.98 Å². The smallest absolute Gasteiger partial charge is 0.141 e. The quantitative estimate of drug-likeness (QED) is 0.732. The van der Waals surface area contributed by atoms with E-state index in [2.05, 4.69) is 30.4 Å². The van der Waals surface area contributed by atoms with E-state index in [-0.39, 0.29) is 11.7 Å². The van der Waals surface area contributed by atoms with Gasteiger partial charge in [0.25, 0.3) is 0 Å². The lowest BCUT2D eigenvalue weighted by Gasteiger charge is -2.13. The highest BCUT2D eigenvalue weighted by atomic mass is 16.3. The van der Waals surface area contributed by atoms with Crippen molar-refractivity contribution in [3.63, 3.8) is 0 Å². The molecule has 1 aliphatic carbocycles. The number of fused-ring (bicyclic) bond motifs is 1. The van der Waals surface area contributed by atoms with Gasteiger partial charge >= 0.3 is 0 Å². The van der Waals surface area contributed by atoms with Crippen molar-refractivity contribution < 1.29 is 5.11 Å². The standard InChI is InChI=1S/C20H15NO/c22-19-12-6-11-16-17(14-7-2-1-3-8-14)13-18(21-20(16)19)15-9-4-5-10-15/h1-13,15,22H. The Balaban J connectivity index is 2.03. The third-order valence-electron chi connectivity index (χ3n) is 4.01. The fraction of sp³-hybridized carbons (Fsp3) is 0.0500. The maximum absolute atomic E-state index is 10.2. The molecule has 0 bridgehead atoms. The molecule has 3 aromatic rings. The summed E-state index contributed by atoms with van der Waals surface area (Å²) in [6.07, 6.45) is 8.29. The lowest BCUT2D eigenvalue weighted by Crippen LogP contribution is -1.96. The minimum absolute atomic E-state index is 0.173. The van der Waals surface area contributed by atoms with Crippen molar-refractivity contribution in [1.82, 2.24) is 4.98 Å². The van der Waals surface area contributed by atoms with Gasteiger partial charge in [-0.25, -0.2) is 4.98 Å². The van der Waals surface area contributed by atoms with Crippen molar-refractivity contribution in [2.75, 3.05) is 0 Å². The van der Waals surface area contributed by atoms with Gasteiger partial charge in [-0.05, 0) is 23.3 Å². The van der Waals surface area contributed by atoms with E-state index in [1.165, 1.54) is 0 Å². The first-order chi connectivity index (χ1) is 10.8. The molecule has 1 N–H and O–H groups in total. The van der Waals surface area contributed by atoms with Crippen LogP contribution >= 0.6 is 0 Å². The first kappa shape index (κ1) is 12.8. The van der Waals surface area contributed by atoms with Crippen LogP contribution in [0.3, 0.4) is 0 Å². The topological polar surface area (TPSA) is 33.1 Å². The number of pyridine rings is 1. The van der Waals surface area contributed by atoms with Crippen molar-refractivity contribution in [3.8, 4) is 16.9 Å². The van der Waals surface area contributed by atoms with E-state index in [1.807, 2.05) is 42.5 Å². The van der Waals surface area contributed by atoms with Gasteiger partial charge in [0.05, 0.1) is 5.69 Å². The van der Waals surface area contributed by atoms with Crippen LogP contribution in [0.15, 0.2) is 78.9 Å². The number of rotatable bonds is 2. The Bertz CT molecular complexity index is 882. The molecule has 0 spiro atoms. The third-order valence-corrected chi connectivity index (χ3v) is 4.01. The van der Waals surface area contributed by atoms with Crippen LogP contribution in [0.5, 0.6) is 5.75 Å². The number of para-hydroxylation sites is 1. The number of aromatic nitrogens is 1. The van der Waals surface area contributed by atoms with Gasteiger partial charge in [-0.2, -0.15) is 0 Å². The third kappa shape index (κ3) is 2.09. The van der Waals surface area contributed by atoms with Crippen LogP contribution in [-0.2, 0) is 0 Å². The Hall–Kier alpha value is -2.87. The van der Waals surface area contributed by atoms with E-state index in [1.54, 1.807) is 6.07 Å². The highest BCUT2D eigenvalue weighted by Gasteiger charge is 2.15. The molecule has 1 heterocycles. The zero-order valence-corrected chi connectivity index (χ0v) is 12.0. The Labute approximate surface area is 129 Å². The molecule has 0 amide bonds. The molecule has 0 saturated carbocycles. The zero-order chi connectivity index (χ0) is 14.9. The summed E-state index contributed by atoms with van der Waals surface area (Å²) in [5.41, 5.74) is 3.85. The Morgan fingerprint density at radius 2 is 1.64 bits per heavy atom. The summed E-state index contributed by atoms with van der Waals surface area (Å²) in [6, 6.07) is 17.9. The molecule has 1 aromatic heterocycles. The molecule has 0 fully saturated rings. The summed E-state index contributed by atoms with van der Waals surface area (Å²) in [5.74, 6) is 0.397. The SMILES string of the molecule is Oc1cccc2c(-c3ccccc3)cc(C3C=CC=C3)nc12. The predicted molar refractivity (Wildman–Crippen MR) is 89.9 cm³/mol. The number of allylic oxidation sites excluding steroid dienone is 4. The van der Waals surface area contributed by atoms with E-state index < -0.39 is 0 Å². The summed E-state index contributed by atoms with van der Waals surface area (Å²) in [4.78, 5) is 4.69. The molecule has 0 radical (unpaired) electrons. The molecule has 2 aromatic carbocycles. The number of hydrogen-bond acceptors (Lipinski definition) is 2. The molecule has 0 aliphatic heterocycles. The van der Waals surface area contributed by atoms with Gasteiger partial charge in [-0.15, -0.1) is 0 Å². The number of hydrogen-bond donors (Lipinski definition) is 1. The lowest BCUT2D eigenvalue weighted by molar-refractivity contribution is 0.480. The van der Waals surface area contributed by atoms with E-state index in [9.17, 15) is 5.11 Å². The molecule has 2 nitrogen and oxygen atoms in total. The number of nitrogens with zero attached hydrogens (tertiary/aromatic N) is 1. The number of aromatic hydroxyl groups is 1.